The van der Waals surface area contributed by atoms with Crippen molar-refractivity contribution in [3.8, 4) is 0 Å². The van der Waals surface area contributed by atoms with Crippen LogP contribution in [-0.4, -0.2) is 17.4 Å². The molecule has 1 aromatic rings. The summed E-state index contributed by atoms with van der Waals surface area (Å²) in [6.07, 6.45) is 2.19. The smallest absolute Gasteiger partial charge is 0.286 e. The van der Waals surface area contributed by atoms with Crippen LogP contribution in [0.15, 0.2) is 16.5 Å². The molecular formula is C11H16N2O2S. The molecule has 0 bridgehead atoms. The molecule has 0 fully saturated rings. The lowest BCUT2D eigenvalue weighted by Crippen LogP contribution is -2.24. The van der Waals surface area contributed by atoms with E-state index in [9.17, 15) is 4.79 Å². The zero-order valence-corrected chi connectivity index (χ0v) is 10.1. The number of nitrogens with two attached hydrogens (primary N) is 1. The van der Waals surface area contributed by atoms with E-state index in [1.807, 2.05) is 13.0 Å². The van der Waals surface area contributed by atoms with E-state index in [0.29, 0.717) is 23.7 Å². The third-order valence-corrected chi connectivity index (χ3v) is 2.32. The molecule has 1 rings (SSSR count). The molecule has 1 amide bonds. The Bertz CT molecular complexity index is 374. The number of hydrogen-bond donors (Lipinski definition) is 2. The Morgan fingerprint density at radius 1 is 1.56 bits per heavy atom. The number of nitrogens with one attached hydrogen (secondary N) is 1. The van der Waals surface area contributed by atoms with E-state index in [4.69, 9.17) is 22.4 Å². The van der Waals surface area contributed by atoms with Gasteiger partial charge in [0, 0.05) is 13.0 Å². The Kier molecular flexibility index (Phi) is 4.98. The van der Waals surface area contributed by atoms with Gasteiger partial charge in [-0.2, -0.15) is 0 Å². The van der Waals surface area contributed by atoms with Gasteiger partial charge >= 0.3 is 0 Å². The lowest BCUT2D eigenvalue weighted by atomic mass is 10.3. The fourth-order valence-electron chi connectivity index (χ4n) is 1.24. The largest absolute Gasteiger partial charge is 0.456 e. The molecule has 1 heterocycles. The fourth-order valence-corrected chi connectivity index (χ4v) is 1.39. The number of hydrogen-bond acceptors (Lipinski definition) is 3. The number of carbonyl (C=O) groups excluding carboxylic acids is 1. The van der Waals surface area contributed by atoms with E-state index in [-0.39, 0.29) is 5.91 Å². The highest BCUT2D eigenvalue weighted by Gasteiger charge is 2.09. The van der Waals surface area contributed by atoms with Crippen molar-refractivity contribution in [2.45, 2.75) is 26.2 Å². The summed E-state index contributed by atoms with van der Waals surface area (Å²) in [4.78, 5) is 12.0. The first kappa shape index (κ1) is 12.7. The van der Waals surface area contributed by atoms with Gasteiger partial charge in [-0.05, 0) is 25.0 Å². The van der Waals surface area contributed by atoms with Crippen molar-refractivity contribution in [1.82, 2.24) is 5.32 Å². The molecule has 0 aromatic carbocycles. The molecule has 0 aliphatic heterocycles. The maximum atomic E-state index is 11.5. The standard InChI is InChI=1S/C11H16N2O2S/c1-2-8-5-6-9(15-8)11(14)13-7-3-4-10(12)16/h5-6H,2-4,7H2,1H3,(H2,12,16)(H,13,14). The highest BCUT2D eigenvalue weighted by atomic mass is 32.1. The highest BCUT2D eigenvalue weighted by molar-refractivity contribution is 7.80. The van der Waals surface area contributed by atoms with Gasteiger partial charge in [0.15, 0.2) is 5.76 Å². The van der Waals surface area contributed by atoms with Crippen LogP contribution in [0.2, 0.25) is 0 Å². The third-order valence-electron chi connectivity index (χ3n) is 2.12. The number of thiocarbonyl (C=S) groups is 1. The average Bonchev–Trinajstić information content (AvgIpc) is 2.72. The first-order valence-electron chi connectivity index (χ1n) is 5.28. The Morgan fingerprint density at radius 3 is 2.88 bits per heavy atom. The highest BCUT2D eigenvalue weighted by Crippen LogP contribution is 2.07. The SMILES string of the molecule is CCc1ccc(C(=O)NCCCC(N)=S)o1. The summed E-state index contributed by atoms with van der Waals surface area (Å²) in [6, 6.07) is 3.49. The van der Waals surface area contributed by atoms with Crippen LogP contribution in [0.1, 0.15) is 36.1 Å². The summed E-state index contributed by atoms with van der Waals surface area (Å²) in [6.45, 7) is 2.53. The van der Waals surface area contributed by atoms with Crippen LogP contribution in [-0.2, 0) is 6.42 Å². The lowest BCUT2D eigenvalue weighted by Gasteiger charge is -2.02. The first-order chi connectivity index (χ1) is 7.63. The van der Waals surface area contributed by atoms with Crippen LogP contribution < -0.4 is 11.1 Å². The normalized spacial score (nSPS) is 10.1. The van der Waals surface area contributed by atoms with E-state index in [1.54, 1.807) is 6.07 Å². The van der Waals surface area contributed by atoms with Gasteiger partial charge in [0.1, 0.15) is 5.76 Å². The predicted molar refractivity (Wildman–Crippen MR) is 66.4 cm³/mol. The molecule has 0 aliphatic rings. The number of carbonyl (C=O) groups is 1. The molecule has 0 spiro atoms. The molecule has 3 N–H and O–H groups in total. The topological polar surface area (TPSA) is 68.3 Å². The maximum Gasteiger partial charge on any atom is 0.286 e. The molecule has 88 valence electrons. The second-order valence-corrected chi connectivity index (χ2v) is 3.97. The van der Waals surface area contributed by atoms with Crippen molar-refractivity contribution in [2.75, 3.05) is 6.54 Å². The van der Waals surface area contributed by atoms with E-state index in [1.165, 1.54) is 0 Å². The van der Waals surface area contributed by atoms with Gasteiger partial charge in [-0.25, -0.2) is 0 Å². The summed E-state index contributed by atoms with van der Waals surface area (Å²) in [7, 11) is 0. The molecule has 16 heavy (non-hydrogen) atoms. The number of furan rings is 1. The second-order valence-electron chi connectivity index (χ2n) is 3.45. The van der Waals surface area contributed by atoms with E-state index >= 15 is 0 Å². The van der Waals surface area contributed by atoms with E-state index in [0.717, 1.165) is 18.6 Å². The average molecular weight is 240 g/mol. The van der Waals surface area contributed by atoms with Crippen LogP contribution >= 0.6 is 12.2 Å². The van der Waals surface area contributed by atoms with Gasteiger partial charge in [0.25, 0.3) is 5.91 Å². The summed E-state index contributed by atoms with van der Waals surface area (Å²) in [5, 5.41) is 2.74. The molecule has 0 saturated carbocycles. The molecule has 0 saturated heterocycles. The number of amides is 1. The minimum Gasteiger partial charge on any atom is -0.456 e. The van der Waals surface area contributed by atoms with Crippen molar-refractivity contribution in [3.63, 3.8) is 0 Å². The second kappa shape index (κ2) is 6.27. The van der Waals surface area contributed by atoms with Crippen molar-refractivity contribution in [1.29, 1.82) is 0 Å². The summed E-state index contributed by atoms with van der Waals surface area (Å²) in [5.41, 5.74) is 5.34. The Labute approximate surface area is 100 Å². The quantitative estimate of drug-likeness (QED) is 0.586. The predicted octanol–water partition coefficient (Wildman–Crippen LogP) is 1.64. The van der Waals surface area contributed by atoms with Gasteiger partial charge < -0.3 is 15.5 Å². The molecule has 0 aliphatic carbocycles. The Balaban J connectivity index is 2.32. The summed E-state index contributed by atoms with van der Waals surface area (Å²) >= 11 is 4.73. The van der Waals surface area contributed by atoms with Gasteiger partial charge in [0.2, 0.25) is 0 Å². The molecule has 0 atom stereocenters. The van der Waals surface area contributed by atoms with Crippen LogP contribution in [0.3, 0.4) is 0 Å². The fraction of sp³-hybridized carbons (Fsp3) is 0.455. The zero-order valence-electron chi connectivity index (χ0n) is 9.29. The first-order valence-corrected chi connectivity index (χ1v) is 5.69. The van der Waals surface area contributed by atoms with Crippen LogP contribution in [0.5, 0.6) is 0 Å². The zero-order chi connectivity index (χ0) is 12.0. The summed E-state index contributed by atoms with van der Waals surface area (Å²) < 4.78 is 5.31. The van der Waals surface area contributed by atoms with Gasteiger partial charge in [-0.3, -0.25) is 4.79 Å². The molecule has 4 nitrogen and oxygen atoms in total. The van der Waals surface area contributed by atoms with Crippen molar-refractivity contribution < 1.29 is 9.21 Å². The lowest BCUT2D eigenvalue weighted by molar-refractivity contribution is 0.0924. The van der Waals surface area contributed by atoms with Gasteiger partial charge in [0.05, 0.1) is 4.99 Å². The molecule has 5 heteroatoms. The summed E-state index contributed by atoms with van der Waals surface area (Å²) in [5.74, 6) is 0.975. The molecule has 0 radical (unpaired) electrons. The molecule has 0 unspecified atom stereocenters. The third kappa shape index (κ3) is 4.02. The van der Waals surface area contributed by atoms with Crippen molar-refractivity contribution >= 4 is 23.1 Å². The minimum absolute atomic E-state index is 0.192. The van der Waals surface area contributed by atoms with Crippen LogP contribution in [0.4, 0.5) is 0 Å². The van der Waals surface area contributed by atoms with Crippen LogP contribution in [0, 0.1) is 0 Å². The van der Waals surface area contributed by atoms with E-state index in [2.05, 4.69) is 5.32 Å². The van der Waals surface area contributed by atoms with Gasteiger partial charge in [-0.15, -0.1) is 0 Å². The van der Waals surface area contributed by atoms with Gasteiger partial charge in [-0.1, -0.05) is 19.1 Å². The number of aryl methyl sites for hydroxylation is 1. The molecular weight excluding hydrogens is 224 g/mol. The minimum atomic E-state index is -0.192. The van der Waals surface area contributed by atoms with E-state index < -0.39 is 0 Å². The Morgan fingerprint density at radius 2 is 2.31 bits per heavy atom. The maximum absolute atomic E-state index is 11.5. The van der Waals surface area contributed by atoms with Crippen molar-refractivity contribution in [2.24, 2.45) is 5.73 Å². The van der Waals surface area contributed by atoms with Crippen molar-refractivity contribution in [3.05, 3.63) is 23.7 Å². The number of rotatable bonds is 6. The monoisotopic (exact) mass is 240 g/mol. The Hall–Kier alpha value is -1.36. The van der Waals surface area contributed by atoms with Crippen LogP contribution in [0.25, 0.3) is 0 Å². The molecule has 1 aromatic heterocycles.